The second-order valence-electron chi connectivity index (χ2n) is 4.57. The van der Waals surface area contributed by atoms with Gasteiger partial charge < -0.3 is 4.52 Å². The Morgan fingerprint density at radius 3 is 2.81 bits per heavy atom. The van der Waals surface area contributed by atoms with Gasteiger partial charge in [0.15, 0.2) is 5.82 Å². The molecule has 1 aromatic carbocycles. The molecule has 0 saturated heterocycles. The molecule has 0 unspecified atom stereocenters. The van der Waals surface area contributed by atoms with Crippen LogP contribution in [0.15, 0.2) is 28.8 Å². The van der Waals surface area contributed by atoms with Crippen LogP contribution in [0, 0.1) is 0 Å². The summed E-state index contributed by atoms with van der Waals surface area (Å²) >= 11 is 5.91. The van der Waals surface area contributed by atoms with Crippen LogP contribution in [0.2, 0.25) is 5.02 Å². The van der Waals surface area contributed by atoms with Crippen molar-refractivity contribution in [2.24, 2.45) is 0 Å². The summed E-state index contributed by atoms with van der Waals surface area (Å²) in [5.74, 6) is 0.800. The van der Waals surface area contributed by atoms with E-state index >= 15 is 0 Å². The van der Waals surface area contributed by atoms with Crippen molar-refractivity contribution in [3.8, 4) is 0 Å². The van der Waals surface area contributed by atoms with Crippen molar-refractivity contribution in [3.05, 3.63) is 46.6 Å². The van der Waals surface area contributed by atoms with Gasteiger partial charge in [-0.2, -0.15) is 9.29 Å². The monoisotopic (exact) mass is 329 g/mol. The van der Waals surface area contributed by atoms with Crippen LogP contribution in [0.25, 0.3) is 0 Å². The van der Waals surface area contributed by atoms with Gasteiger partial charge >= 0.3 is 0 Å². The zero-order valence-electron chi connectivity index (χ0n) is 11.8. The molecule has 1 aromatic heterocycles. The number of halogens is 1. The third kappa shape index (κ3) is 4.26. The topological polar surface area (TPSA) is 76.3 Å². The molecule has 0 spiro atoms. The molecule has 0 atom stereocenters. The number of hydrogen-bond donors (Lipinski definition) is 0. The van der Waals surface area contributed by atoms with Crippen LogP contribution >= 0.6 is 11.6 Å². The van der Waals surface area contributed by atoms with Crippen molar-refractivity contribution in [2.75, 3.05) is 12.8 Å². The van der Waals surface area contributed by atoms with Crippen molar-refractivity contribution in [2.45, 2.75) is 19.9 Å². The van der Waals surface area contributed by atoms with E-state index < -0.39 is 10.0 Å². The molecule has 8 heteroatoms. The Balaban J connectivity index is 2.05. The molecular formula is C13H16ClN3O3S. The van der Waals surface area contributed by atoms with Crippen LogP contribution in [-0.4, -0.2) is 35.7 Å². The van der Waals surface area contributed by atoms with Crippen LogP contribution in [0.1, 0.15) is 24.2 Å². The third-order valence-corrected chi connectivity index (χ3v) is 5.00. The predicted molar refractivity (Wildman–Crippen MR) is 79.5 cm³/mol. The number of sulfonamides is 1. The summed E-state index contributed by atoms with van der Waals surface area (Å²) in [6.07, 6.45) is 0.480. The molecule has 0 aliphatic rings. The van der Waals surface area contributed by atoms with Gasteiger partial charge in [0, 0.05) is 18.5 Å². The number of hydrogen-bond acceptors (Lipinski definition) is 5. The van der Waals surface area contributed by atoms with Gasteiger partial charge in [-0.25, -0.2) is 8.42 Å². The smallest absolute Gasteiger partial charge is 0.241 e. The highest BCUT2D eigenvalue weighted by Crippen LogP contribution is 2.14. The maximum atomic E-state index is 11.7. The van der Waals surface area contributed by atoms with Gasteiger partial charge in [0.2, 0.25) is 15.9 Å². The fourth-order valence-corrected chi connectivity index (χ4v) is 2.73. The summed E-state index contributed by atoms with van der Waals surface area (Å²) < 4.78 is 29.6. The standard InChI is InChI=1S/C13H16ClN3O3S/c1-3-21(18,19)17(2)9-13-15-12(16-20-13)8-10-5-4-6-11(14)7-10/h4-7H,3,8-9H2,1-2H3. The fourth-order valence-electron chi connectivity index (χ4n) is 1.76. The Morgan fingerprint density at radius 1 is 1.38 bits per heavy atom. The number of aromatic nitrogens is 2. The molecule has 114 valence electrons. The first-order valence-corrected chi connectivity index (χ1v) is 8.39. The minimum atomic E-state index is -3.26. The van der Waals surface area contributed by atoms with Crippen LogP contribution in [0.3, 0.4) is 0 Å². The molecule has 0 saturated carbocycles. The largest absolute Gasteiger partial charge is 0.338 e. The molecule has 6 nitrogen and oxygen atoms in total. The Bertz CT molecular complexity index is 715. The normalized spacial score (nSPS) is 12.0. The van der Waals surface area contributed by atoms with E-state index in [4.69, 9.17) is 16.1 Å². The maximum Gasteiger partial charge on any atom is 0.241 e. The van der Waals surface area contributed by atoms with E-state index in [0.29, 0.717) is 17.3 Å². The minimum absolute atomic E-state index is 0.0347. The maximum absolute atomic E-state index is 11.7. The Labute approximate surface area is 128 Å². The Kier molecular flexibility index (Phi) is 4.97. The first-order chi connectivity index (χ1) is 9.90. The molecule has 1 heterocycles. The second-order valence-corrected chi connectivity index (χ2v) is 7.37. The van der Waals surface area contributed by atoms with Gasteiger partial charge in [0.05, 0.1) is 12.3 Å². The average molecular weight is 330 g/mol. The highest BCUT2D eigenvalue weighted by atomic mass is 35.5. The lowest BCUT2D eigenvalue weighted by molar-refractivity contribution is 0.334. The first kappa shape index (κ1) is 15.9. The molecule has 2 rings (SSSR count). The van der Waals surface area contributed by atoms with Gasteiger partial charge in [0.1, 0.15) is 0 Å². The van der Waals surface area contributed by atoms with Gasteiger partial charge in [-0.3, -0.25) is 0 Å². The molecular weight excluding hydrogens is 314 g/mol. The third-order valence-electron chi connectivity index (χ3n) is 2.96. The highest BCUT2D eigenvalue weighted by molar-refractivity contribution is 7.89. The van der Waals surface area contributed by atoms with Gasteiger partial charge in [-0.15, -0.1) is 0 Å². The first-order valence-electron chi connectivity index (χ1n) is 6.40. The molecule has 0 amide bonds. The highest BCUT2D eigenvalue weighted by Gasteiger charge is 2.18. The molecule has 0 bridgehead atoms. The van der Waals surface area contributed by atoms with E-state index in [1.165, 1.54) is 11.4 Å². The van der Waals surface area contributed by atoms with Crippen LogP contribution in [-0.2, 0) is 23.0 Å². The molecule has 0 N–H and O–H groups in total. The Hall–Kier alpha value is -1.44. The summed E-state index contributed by atoms with van der Waals surface area (Å²) in [6, 6.07) is 7.37. The van der Waals surface area contributed by atoms with Crippen molar-refractivity contribution in [1.82, 2.24) is 14.4 Å². The van der Waals surface area contributed by atoms with E-state index in [9.17, 15) is 8.42 Å². The van der Waals surface area contributed by atoms with Crippen LogP contribution in [0.5, 0.6) is 0 Å². The van der Waals surface area contributed by atoms with E-state index in [0.717, 1.165) is 5.56 Å². The van der Waals surface area contributed by atoms with Crippen LogP contribution in [0.4, 0.5) is 0 Å². The van der Waals surface area contributed by atoms with Crippen molar-refractivity contribution in [3.63, 3.8) is 0 Å². The van der Waals surface area contributed by atoms with Gasteiger partial charge in [-0.1, -0.05) is 28.9 Å². The number of nitrogens with zero attached hydrogens (tertiary/aromatic N) is 3. The molecule has 0 aliphatic heterocycles. The summed E-state index contributed by atoms with van der Waals surface area (Å²) in [5.41, 5.74) is 0.962. The zero-order chi connectivity index (χ0) is 15.5. The molecule has 0 fully saturated rings. The quantitative estimate of drug-likeness (QED) is 0.811. The lowest BCUT2D eigenvalue weighted by Gasteiger charge is -2.12. The summed E-state index contributed by atoms with van der Waals surface area (Å²) in [4.78, 5) is 4.20. The number of benzene rings is 1. The predicted octanol–water partition coefficient (Wildman–Crippen LogP) is 2.10. The molecule has 2 aromatic rings. The second kappa shape index (κ2) is 6.55. The summed E-state index contributed by atoms with van der Waals surface area (Å²) in [5, 5.41) is 4.49. The summed E-state index contributed by atoms with van der Waals surface area (Å²) in [7, 11) is -1.78. The minimum Gasteiger partial charge on any atom is -0.338 e. The molecule has 21 heavy (non-hydrogen) atoms. The van der Waals surface area contributed by atoms with Crippen molar-refractivity contribution < 1.29 is 12.9 Å². The van der Waals surface area contributed by atoms with E-state index in [-0.39, 0.29) is 18.2 Å². The van der Waals surface area contributed by atoms with E-state index in [1.807, 2.05) is 18.2 Å². The zero-order valence-corrected chi connectivity index (χ0v) is 13.4. The fraction of sp³-hybridized carbons (Fsp3) is 0.385. The Morgan fingerprint density at radius 2 is 2.14 bits per heavy atom. The summed E-state index contributed by atoms with van der Waals surface area (Å²) in [6.45, 7) is 1.66. The average Bonchev–Trinajstić information content (AvgIpc) is 2.86. The van der Waals surface area contributed by atoms with Gasteiger partial charge in [0.25, 0.3) is 0 Å². The number of rotatable bonds is 6. The van der Waals surface area contributed by atoms with E-state index in [2.05, 4.69) is 10.1 Å². The lowest BCUT2D eigenvalue weighted by Crippen LogP contribution is -2.27. The van der Waals surface area contributed by atoms with Crippen molar-refractivity contribution >= 4 is 21.6 Å². The van der Waals surface area contributed by atoms with E-state index in [1.54, 1.807) is 13.0 Å². The van der Waals surface area contributed by atoms with Crippen LogP contribution < -0.4 is 0 Å². The molecule has 0 radical (unpaired) electrons. The lowest BCUT2D eigenvalue weighted by atomic mass is 10.1. The van der Waals surface area contributed by atoms with Crippen molar-refractivity contribution in [1.29, 1.82) is 0 Å². The molecule has 0 aliphatic carbocycles. The SMILES string of the molecule is CCS(=O)(=O)N(C)Cc1nc(Cc2cccc(Cl)c2)no1. The van der Waals surface area contributed by atoms with Gasteiger partial charge in [-0.05, 0) is 24.6 Å².